The highest BCUT2D eigenvalue weighted by molar-refractivity contribution is 5.85. The Balaban J connectivity index is 1.95. The first-order chi connectivity index (χ1) is 9.24. The number of nitrogens with one attached hydrogen (secondary N) is 1. The Morgan fingerprint density at radius 2 is 1.74 bits per heavy atom. The highest BCUT2D eigenvalue weighted by Crippen LogP contribution is 2.08. The topological polar surface area (TPSA) is 24.4 Å². The first kappa shape index (κ1) is 13.0. The number of allylic oxidation sites excluding steroid dienone is 1. The SMILES string of the molecule is C/C(C=NNc1ccc(F)cc1)=C\c1ccccc1. The van der Waals surface area contributed by atoms with Crippen molar-refractivity contribution in [1.29, 1.82) is 0 Å². The molecule has 0 fully saturated rings. The van der Waals surface area contributed by atoms with Crippen LogP contribution in [0.15, 0.2) is 65.3 Å². The van der Waals surface area contributed by atoms with Crippen molar-refractivity contribution < 1.29 is 4.39 Å². The Hall–Kier alpha value is -2.42. The molecule has 0 aliphatic carbocycles. The fourth-order valence-electron chi connectivity index (χ4n) is 1.58. The molecule has 0 aromatic heterocycles. The largest absolute Gasteiger partial charge is 0.279 e. The first-order valence-electron chi connectivity index (χ1n) is 6.02. The second-order valence-corrected chi connectivity index (χ2v) is 4.18. The minimum Gasteiger partial charge on any atom is -0.279 e. The lowest BCUT2D eigenvalue weighted by Crippen LogP contribution is -1.90. The van der Waals surface area contributed by atoms with Crippen molar-refractivity contribution in [2.45, 2.75) is 6.92 Å². The lowest BCUT2D eigenvalue weighted by molar-refractivity contribution is 0.628. The fraction of sp³-hybridized carbons (Fsp3) is 0.0625. The number of hydrogen-bond donors (Lipinski definition) is 1. The van der Waals surface area contributed by atoms with Gasteiger partial charge in [0.05, 0.1) is 11.9 Å². The predicted molar refractivity (Wildman–Crippen MR) is 78.6 cm³/mol. The van der Waals surface area contributed by atoms with Gasteiger partial charge in [-0.05, 0) is 42.3 Å². The first-order valence-corrected chi connectivity index (χ1v) is 6.02. The monoisotopic (exact) mass is 254 g/mol. The van der Waals surface area contributed by atoms with E-state index in [4.69, 9.17) is 0 Å². The van der Waals surface area contributed by atoms with Crippen LogP contribution in [0.3, 0.4) is 0 Å². The molecule has 0 unspecified atom stereocenters. The fourth-order valence-corrected chi connectivity index (χ4v) is 1.58. The third kappa shape index (κ3) is 4.39. The van der Waals surface area contributed by atoms with Crippen LogP contribution in [0.1, 0.15) is 12.5 Å². The van der Waals surface area contributed by atoms with Crippen molar-refractivity contribution in [1.82, 2.24) is 0 Å². The van der Waals surface area contributed by atoms with E-state index in [1.807, 2.05) is 43.3 Å². The maximum Gasteiger partial charge on any atom is 0.123 e. The summed E-state index contributed by atoms with van der Waals surface area (Å²) >= 11 is 0. The summed E-state index contributed by atoms with van der Waals surface area (Å²) in [6, 6.07) is 16.1. The zero-order chi connectivity index (χ0) is 13.5. The molecule has 2 aromatic rings. The van der Waals surface area contributed by atoms with Crippen LogP contribution in [-0.2, 0) is 0 Å². The third-order valence-electron chi connectivity index (χ3n) is 2.50. The van der Waals surface area contributed by atoms with E-state index >= 15 is 0 Å². The zero-order valence-electron chi connectivity index (χ0n) is 10.7. The molecular weight excluding hydrogens is 239 g/mol. The summed E-state index contributed by atoms with van der Waals surface area (Å²) in [4.78, 5) is 0. The van der Waals surface area contributed by atoms with Crippen LogP contribution in [0.25, 0.3) is 6.08 Å². The molecule has 0 aliphatic heterocycles. The summed E-state index contributed by atoms with van der Waals surface area (Å²) in [6.07, 6.45) is 3.77. The average molecular weight is 254 g/mol. The summed E-state index contributed by atoms with van der Waals surface area (Å²) in [6.45, 7) is 1.98. The molecule has 0 radical (unpaired) electrons. The Kier molecular flexibility index (Phi) is 4.45. The molecule has 0 spiro atoms. The molecule has 0 atom stereocenters. The van der Waals surface area contributed by atoms with Crippen molar-refractivity contribution in [2.75, 3.05) is 5.43 Å². The molecule has 0 saturated carbocycles. The van der Waals surface area contributed by atoms with Gasteiger partial charge in [-0.2, -0.15) is 5.10 Å². The lowest BCUT2D eigenvalue weighted by Gasteiger charge is -1.99. The van der Waals surface area contributed by atoms with Crippen LogP contribution in [0.4, 0.5) is 10.1 Å². The highest BCUT2D eigenvalue weighted by atomic mass is 19.1. The molecule has 2 aromatic carbocycles. The van der Waals surface area contributed by atoms with Crippen LogP contribution in [-0.4, -0.2) is 6.21 Å². The van der Waals surface area contributed by atoms with Crippen molar-refractivity contribution in [3.8, 4) is 0 Å². The van der Waals surface area contributed by atoms with Gasteiger partial charge in [-0.25, -0.2) is 4.39 Å². The Morgan fingerprint density at radius 3 is 2.42 bits per heavy atom. The van der Waals surface area contributed by atoms with Gasteiger partial charge in [0.1, 0.15) is 5.82 Å². The summed E-state index contributed by atoms with van der Waals surface area (Å²) in [5, 5.41) is 4.10. The second-order valence-electron chi connectivity index (χ2n) is 4.18. The van der Waals surface area contributed by atoms with Gasteiger partial charge in [0.2, 0.25) is 0 Å². The number of anilines is 1. The van der Waals surface area contributed by atoms with Crippen molar-refractivity contribution in [3.05, 3.63) is 71.6 Å². The summed E-state index contributed by atoms with van der Waals surface area (Å²) in [5.74, 6) is -0.255. The van der Waals surface area contributed by atoms with Crippen LogP contribution in [0.2, 0.25) is 0 Å². The maximum absolute atomic E-state index is 12.7. The second kappa shape index (κ2) is 6.50. The summed E-state index contributed by atoms with van der Waals surface area (Å²) < 4.78 is 12.7. The van der Waals surface area contributed by atoms with Gasteiger partial charge < -0.3 is 0 Å². The molecule has 0 aliphatic rings. The lowest BCUT2D eigenvalue weighted by atomic mass is 10.1. The zero-order valence-corrected chi connectivity index (χ0v) is 10.7. The van der Waals surface area contributed by atoms with E-state index in [2.05, 4.69) is 10.5 Å². The Morgan fingerprint density at radius 1 is 1.05 bits per heavy atom. The van der Waals surface area contributed by atoms with Crippen LogP contribution in [0, 0.1) is 5.82 Å². The molecule has 96 valence electrons. The Bertz CT molecular complexity index is 571. The molecule has 1 N–H and O–H groups in total. The predicted octanol–water partition coefficient (Wildman–Crippen LogP) is 4.33. The van der Waals surface area contributed by atoms with E-state index in [0.717, 1.165) is 16.8 Å². The quantitative estimate of drug-likeness (QED) is 0.637. The minimum atomic E-state index is -0.255. The normalized spacial score (nSPS) is 11.8. The number of hydrogen-bond acceptors (Lipinski definition) is 2. The van der Waals surface area contributed by atoms with Gasteiger partial charge in [-0.15, -0.1) is 0 Å². The Labute approximate surface area is 112 Å². The van der Waals surface area contributed by atoms with Gasteiger partial charge in [-0.3, -0.25) is 5.43 Å². The van der Waals surface area contributed by atoms with Gasteiger partial charge in [-0.1, -0.05) is 36.4 Å². The number of benzene rings is 2. The van der Waals surface area contributed by atoms with Crippen LogP contribution in [0.5, 0.6) is 0 Å². The van der Waals surface area contributed by atoms with E-state index < -0.39 is 0 Å². The molecule has 19 heavy (non-hydrogen) atoms. The van der Waals surface area contributed by atoms with E-state index in [0.29, 0.717) is 0 Å². The summed E-state index contributed by atoms with van der Waals surface area (Å²) in [7, 11) is 0. The maximum atomic E-state index is 12.7. The van der Waals surface area contributed by atoms with Gasteiger partial charge in [0, 0.05) is 0 Å². The molecule has 0 saturated heterocycles. The standard InChI is InChI=1S/C16H15FN2/c1-13(11-14-5-3-2-4-6-14)12-18-19-16-9-7-15(17)8-10-16/h2-12,19H,1H3/b13-11+,18-12?. The van der Waals surface area contributed by atoms with Crippen molar-refractivity contribution >= 4 is 18.0 Å². The van der Waals surface area contributed by atoms with Crippen molar-refractivity contribution in [3.63, 3.8) is 0 Å². The van der Waals surface area contributed by atoms with Crippen LogP contribution >= 0.6 is 0 Å². The van der Waals surface area contributed by atoms with E-state index in [9.17, 15) is 4.39 Å². The number of hydrazone groups is 1. The molecule has 2 nitrogen and oxygen atoms in total. The van der Waals surface area contributed by atoms with E-state index in [1.54, 1.807) is 18.3 Å². The molecule has 3 heteroatoms. The molecule has 2 rings (SSSR count). The number of halogens is 1. The molecule has 0 amide bonds. The molecule has 0 heterocycles. The van der Waals surface area contributed by atoms with Gasteiger partial charge >= 0.3 is 0 Å². The van der Waals surface area contributed by atoms with E-state index in [1.165, 1.54) is 12.1 Å². The third-order valence-corrected chi connectivity index (χ3v) is 2.50. The van der Waals surface area contributed by atoms with Gasteiger partial charge in [0.15, 0.2) is 0 Å². The number of nitrogens with zero attached hydrogens (tertiary/aromatic N) is 1. The number of rotatable bonds is 4. The minimum absolute atomic E-state index is 0.255. The average Bonchev–Trinajstić information content (AvgIpc) is 2.42. The van der Waals surface area contributed by atoms with Gasteiger partial charge in [0.25, 0.3) is 0 Å². The smallest absolute Gasteiger partial charge is 0.123 e. The van der Waals surface area contributed by atoms with Crippen LogP contribution < -0.4 is 5.43 Å². The van der Waals surface area contributed by atoms with Crippen molar-refractivity contribution in [2.24, 2.45) is 5.10 Å². The van der Waals surface area contributed by atoms with E-state index in [-0.39, 0.29) is 5.82 Å². The molecule has 0 bridgehead atoms. The molecular formula is C16H15FN2. The summed E-state index contributed by atoms with van der Waals surface area (Å²) in [5.41, 5.74) is 5.77. The highest BCUT2D eigenvalue weighted by Gasteiger charge is 1.91.